The van der Waals surface area contributed by atoms with E-state index in [9.17, 15) is 4.79 Å². The highest BCUT2D eigenvalue weighted by Crippen LogP contribution is 2.15. The zero-order valence-electron chi connectivity index (χ0n) is 10.8. The van der Waals surface area contributed by atoms with Crippen LogP contribution in [0.2, 0.25) is 5.28 Å². The Morgan fingerprint density at radius 2 is 2.05 bits per heavy atom. The Labute approximate surface area is 122 Å². The number of nitrogens with zero attached hydrogens (tertiary/aromatic N) is 2. The van der Waals surface area contributed by atoms with Crippen LogP contribution in [0.4, 0.5) is 5.82 Å². The second-order valence-electron chi connectivity index (χ2n) is 4.31. The molecule has 1 aromatic carbocycles. The zero-order chi connectivity index (χ0) is 14.4. The Hall–Kier alpha value is -1.98. The lowest BCUT2D eigenvalue weighted by atomic mass is 10.0. The van der Waals surface area contributed by atoms with Crippen molar-refractivity contribution in [1.29, 1.82) is 0 Å². The first-order valence-corrected chi connectivity index (χ1v) is 6.62. The van der Waals surface area contributed by atoms with Gasteiger partial charge in [-0.3, -0.25) is 4.79 Å². The Morgan fingerprint density at radius 3 is 2.75 bits per heavy atom. The molecule has 5 nitrogen and oxygen atoms in total. The van der Waals surface area contributed by atoms with Crippen LogP contribution < -0.4 is 11.1 Å². The Kier molecular flexibility index (Phi) is 5.03. The number of hydrogen-bond donors (Lipinski definition) is 2. The van der Waals surface area contributed by atoms with Gasteiger partial charge in [-0.2, -0.15) is 0 Å². The molecule has 6 heteroatoms. The van der Waals surface area contributed by atoms with E-state index in [1.54, 1.807) is 6.07 Å². The van der Waals surface area contributed by atoms with Crippen molar-refractivity contribution in [1.82, 2.24) is 9.97 Å². The van der Waals surface area contributed by atoms with Crippen molar-refractivity contribution in [3.05, 3.63) is 53.4 Å². The van der Waals surface area contributed by atoms with Crippen molar-refractivity contribution in [3.63, 3.8) is 0 Å². The molecule has 0 aliphatic carbocycles. The summed E-state index contributed by atoms with van der Waals surface area (Å²) in [6, 6.07) is 11.1. The minimum Gasteiger partial charge on any atom is -0.324 e. The normalized spacial score (nSPS) is 11.9. The molecule has 3 N–H and O–H groups in total. The van der Waals surface area contributed by atoms with Gasteiger partial charge in [0.1, 0.15) is 5.82 Å². The highest BCUT2D eigenvalue weighted by atomic mass is 35.5. The third kappa shape index (κ3) is 4.29. The van der Waals surface area contributed by atoms with Crippen molar-refractivity contribution >= 4 is 23.3 Å². The number of nitrogens with two attached hydrogens (primary N) is 1. The number of nitrogens with one attached hydrogen (secondary N) is 1. The lowest BCUT2D eigenvalue weighted by Crippen LogP contribution is -2.17. The van der Waals surface area contributed by atoms with Gasteiger partial charge in [-0.05, 0) is 29.7 Å². The lowest BCUT2D eigenvalue weighted by molar-refractivity contribution is -0.116. The van der Waals surface area contributed by atoms with E-state index in [1.807, 2.05) is 30.3 Å². The number of halogens is 1. The first kappa shape index (κ1) is 14.4. The van der Waals surface area contributed by atoms with E-state index in [0.717, 1.165) is 5.56 Å². The van der Waals surface area contributed by atoms with E-state index < -0.39 is 0 Å². The fourth-order valence-corrected chi connectivity index (χ4v) is 1.91. The molecule has 0 bridgehead atoms. The van der Waals surface area contributed by atoms with E-state index in [1.165, 1.54) is 6.20 Å². The molecule has 1 aromatic heterocycles. The van der Waals surface area contributed by atoms with Crippen LogP contribution in [0.5, 0.6) is 0 Å². The molecule has 20 heavy (non-hydrogen) atoms. The summed E-state index contributed by atoms with van der Waals surface area (Å²) in [7, 11) is 0. The minimum absolute atomic E-state index is 0.101. The molecule has 0 aliphatic rings. The van der Waals surface area contributed by atoms with Crippen LogP contribution in [0.25, 0.3) is 0 Å². The molecule has 1 amide bonds. The molecule has 0 radical (unpaired) electrons. The van der Waals surface area contributed by atoms with Gasteiger partial charge in [0.05, 0.1) is 0 Å². The van der Waals surface area contributed by atoms with Crippen molar-refractivity contribution in [3.8, 4) is 0 Å². The molecule has 0 saturated heterocycles. The summed E-state index contributed by atoms with van der Waals surface area (Å²) in [5.41, 5.74) is 7.05. The SMILES string of the molecule is NC(CCC(=O)Nc1ccnc(Cl)n1)c1ccccc1. The molecule has 1 heterocycles. The predicted octanol–water partition coefficient (Wildman–Crippen LogP) is 2.55. The minimum atomic E-state index is -0.157. The molecule has 0 fully saturated rings. The first-order valence-electron chi connectivity index (χ1n) is 6.24. The van der Waals surface area contributed by atoms with E-state index in [0.29, 0.717) is 18.7 Å². The Morgan fingerprint density at radius 1 is 1.30 bits per heavy atom. The van der Waals surface area contributed by atoms with Gasteiger partial charge in [-0.25, -0.2) is 9.97 Å². The standard InChI is InChI=1S/C14H15ClN4O/c15-14-17-9-8-12(19-14)18-13(20)7-6-11(16)10-4-2-1-3-5-10/h1-5,8-9,11H,6-7,16H2,(H,17,18,19,20). The quantitative estimate of drug-likeness (QED) is 0.829. The van der Waals surface area contributed by atoms with E-state index in [2.05, 4.69) is 15.3 Å². The maximum absolute atomic E-state index is 11.8. The number of hydrogen-bond acceptors (Lipinski definition) is 4. The van der Waals surface area contributed by atoms with Crippen molar-refractivity contribution < 1.29 is 4.79 Å². The van der Waals surface area contributed by atoms with Crippen LogP contribution in [-0.2, 0) is 4.79 Å². The van der Waals surface area contributed by atoms with Gasteiger partial charge < -0.3 is 11.1 Å². The Balaban J connectivity index is 1.83. The van der Waals surface area contributed by atoms with E-state index >= 15 is 0 Å². The van der Waals surface area contributed by atoms with Crippen LogP contribution >= 0.6 is 11.6 Å². The van der Waals surface area contributed by atoms with Gasteiger partial charge in [0.15, 0.2) is 0 Å². The highest BCUT2D eigenvalue weighted by molar-refractivity contribution is 6.28. The monoisotopic (exact) mass is 290 g/mol. The molecule has 104 valence electrons. The number of anilines is 1. The van der Waals surface area contributed by atoms with Crippen molar-refractivity contribution in [2.75, 3.05) is 5.32 Å². The van der Waals surface area contributed by atoms with E-state index in [-0.39, 0.29) is 17.2 Å². The molecule has 1 atom stereocenters. The summed E-state index contributed by atoms with van der Waals surface area (Å²) in [4.78, 5) is 19.4. The van der Waals surface area contributed by atoms with Crippen LogP contribution in [0.1, 0.15) is 24.4 Å². The van der Waals surface area contributed by atoms with Crippen molar-refractivity contribution in [2.45, 2.75) is 18.9 Å². The molecule has 0 saturated carbocycles. The fraction of sp³-hybridized carbons (Fsp3) is 0.214. The average Bonchev–Trinajstić information content (AvgIpc) is 2.46. The average molecular weight is 291 g/mol. The van der Waals surface area contributed by atoms with Gasteiger partial charge >= 0.3 is 0 Å². The predicted molar refractivity (Wildman–Crippen MR) is 78.3 cm³/mol. The smallest absolute Gasteiger partial charge is 0.225 e. The molecular weight excluding hydrogens is 276 g/mol. The summed E-state index contributed by atoms with van der Waals surface area (Å²) >= 11 is 5.64. The molecule has 0 aliphatic heterocycles. The number of carbonyl (C=O) groups is 1. The number of amides is 1. The van der Waals surface area contributed by atoms with Crippen molar-refractivity contribution in [2.24, 2.45) is 5.73 Å². The zero-order valence-corrected chi connectivity index (χ0v) is 11.5. The largest absolute Gasteiger partial charge is 0.324 e. The number of benzene rings is 1. The molecular formula is C14H15ClN4O. The fourth-order valence-electron chi connectivity index (χ4n) is 1.76. The molecule has 2 rings (SSSR count). The first-order chi connectivity index (χ1) is 9.65. The second-order valence-corrected chi connectivity index (χ2v) is 4.65. The van der Waals surface area contributed by atoms with Gasteiger partial charge in [0.2, 0.25) is 11.2 Å². The van der Waals surface area contributed by atoms with Gasteiger partial charge in [0, 0.05) is 18.7 Å². The number of aromatic nitrogens is 2. The van der Waals surface area contributed by atoms with Gasteiger partial charge in [0.25, 0.3) is 0 Å². The van der Waals surface area contributed by atoms with Crippen LogP contribution in [0.3, 0.4) is 0 Å². The lowest BCUT2D eigenvalue weighted by Gasteiger charge is -2.11. The summed E-state index contributed by atoms with van der Waals surface area (Å²) in [5, 5.41) is 2.76. The summed E-state index contributed by atoms with van der Waals surface area (Å²) < 4.78 is 0. The van der Waals surface area contributed by atoms with Gasteiger partial charge in [-0.1, -0.05) is 30.3 Å². The third-order valence-electron chi connectivity index (χ3n) is 2.80. The van der Waals surface area contributed by atoms with Crippen LogP contribution in [-0.4, -0.2) is 15.9 Å². The second kappa shape index (κ2) is 6.98. The summed E-state index contributed by atoms with van der Waals surface area (Å²) in [6.07, 6.45) is 2.37. The maximum atomic E-state index is 11.8. The molecule has 1 unspecified atom stereocenters. The molecule has 2 aromatic rings. The van der Waals surface area contributed by atoms with Crippen LogP contribution in [0.15, 0.2) is 42.6 Å². The third-order valence-corrected chi connectivity index (χ3v) is 2.99. The van der Waals surface area contributed by atoms with Crippen LogP contribution in [0, 0.1) is 0 Å². The van der Waals surface area contributed by atoms with Gasteiger partial charge in [-0.15, -0.1) is 0 Å². The molecule has 0 spiro atoms. The highest BCUT2D eigenvalue weighted by Gasteiger charge is 2.09. The van der Waals surface area contributed by atoms with E-state index in [4.69, 9.17) is 17.3 Å². The summed E-state index contributed by atoms with van der Waals surface area (Å²) in [5.74, 6) is 0.245. The number of rotatable bonds is 5. The Bertz CT molecular complexity index is 576. The summed E-state index contributed by atoms with van der Waals surface area (Å²) in [6.45, 7) is 0. The topological polar surface area (TPSA) is 80.9 Å². The maximum Gasteiger partial charge on any atom is 0.225 e. The number of carbonyl (C=O) groups excluding carboxylic acids is 1.